The summed E-state index contributed by atoms with van der Waals surface area (Å²) < 4.78 is 5.25. The predicted octanol–water partition coefficient (Wildman–Crippen LogP) is 0.0398. The Morgan fingerprint density at radius 2 is 2.22 bits per heavy atom. The summed E-state index contributed by atoms with van der Waals surface area (Å²) in [6.07, 6.45) is -0.0294. The van der Waals surface area contributed by atoms with Gasteiger partial charge in [0.15, 0.2) is 5.37 Å². The van der Waals surface area contributed by atoms with Crippen molar-refractivity contribution >= 4 is 39.4 Å². The van der Waals surface area contributed by atoms with Crippen molar-refractivity contribution < 1.29 is 19.1 Å². The molecule has 8 heteroatoms. The van der Waals surface area contributed by atoms with Crippen molar-refractivity contribution in [2.24, 2.45) is 0 Å². The van der Waals surface area contributed by atoms with E-state index in [4.69, 9.17) is 4.74 Å². The zero-order valence-electron chi connectivity index (χ0n) is 9.91. The minimum Gasteiger partial charge on any atom is -0.458 e. The van der Waals surface area contributed by atoms with Gasteiger partial charge in [0.2, 0.25) is 4.87 Å². The number of esters is 1. The second-order valence-electron chi connectivity index (χ2n) is 4.52. The van der Waals surface area contributed by atoms with E-state index in [0.29, 0.717) is 13.0 Å². The zero-order valence-corrected chi connectivity index (χ0v) is 11.5. The molecule has 1 spiro atoms. The molecule has 98 valence electrons. The standard InChI is InChI=1S/C10H12N2O4S2/c1-5(13)16-6-3-4-12-7(14)8-11(2)9(15)10(6,12)18-17-8/h6,8H,3-4H2,1-2H3/t6-,8+,10-/m0/s1. The van der Waals surface area contributed by atoms with Gasteiger partial charge in [-0.1, -0.05) is 10.8 Å². The number of amides is 2. The number of hydrogen-bond acceptors (Lipinski definition) is 6. The number of carbonyl (C=O) groups excluding carboxylic acids is 3. The van der Waals surface area contributed by atoms with Crippen LogP contribution in [0, 0.1) is 0 Å². The molecular formula is C10H12N2O4S2. The van der Waals surface area contributed by atoms with E-state index < -0.39 is 22.3 Å². The number of likely N-dealkylation sites (N-methyl/N-ethyl adjacent to an activating group) is 1. The molecule has 6 nitrogen and oxygen atoms in total. The van der Waals surface area contributed by atoms with Gasteiger partial charge in [0, 0.05) is 26.9 Å². The van der Waals surface area contributed by atoms with E-state index in [1.54, 1.807) is 11.9 Å². The number of piperazine rings is 1. The van der Waals surface area contributed by atoms with Crippen LogP contribution in [-0.4, -0.2) is 57.5 Å². The quantitative estimate of drug-likeness (QED) is 0.501. The highest BCUT2D eigenvalue weighted by atomic mass is 33.1. The third-order valence-corrected chi connectivity index (χ3v) is 6.79. The highest BCUT2D eigenvalue weighted by Crippen LogP contribution is 2.58. The van der Waals surface area contributed by atoms with Gasteiger partial charge in [0.25, 0.3) is 11.8 Å². The van der Waals surface area contributed by atoms with Crippen LogP contribution in [0.2, 0.25) is 0 Å². The molecule has 0 aliphatic carbocycles. The van der Waals surface area contributed by atoms with Crippen LogP contribution < -0.4 is 0 Å². The number of hydrogen-bond donors (Lipinski definition) is 0. The van der Waals surface area contributed by atoms with Crippen molar-refractivity contribution in [3.8, 4) is 0 Å². The maximum Gasteiger partial charge on any atom is 0.303 e. The zero-order chi connectivity index (χ0) is 13.1. The molecule has 4 heterocycles. The fourth-order valence-corrected chi connectivity index (χ4v) is 6.25. The topological polar surface area (TPSA) is 66.9 Å². The summed E-state index contributed by atoms with van der Waals surface area (Å²) >= 11 is 0. The number of ether oxygens (including phenoxy) is 1. The SMILES string of the molecule is CC(=O)O[C@H]1CCN2C(=O)[C@H]3SS[C@]12C(=O)N3C. The van der Waals surface area contributed by atoms with Crippen LogP contribution in [0.4, 0.5) is 0 Å². The van der Waals surface area contributed by atoms with Gasteiger partial charge in [-0.05, 0) is 10.8 Å². The number of nitrogens with zero attached hydrogens (tertiary/aromatic N) is 2. The fraction of sp³-hybridized carbons (Fsp3) is 0.700. The van der Waals surface area contributed by atoms with Crippen LogP contribution in [0.5, 0.6) is 0 Å². The Morgan fingerprint density at radius 3 is 2.89 bits per heavy atom. The number of fused-ring (bicyclic) bond motifs is 2. The van der Waals surface area contributed by atoms with E-state index in [0.717, 1.165) is 0 Å². The first-order valence-electron chi connectivity index (χ1n) is 5.59. The van der Waals surface area contributed by atoms with E-state index in [1.807, 2.05) is 0 Å². The lowest BCUT2D eigenvalue weighted by Gasteiger charge is -2.52. The third kappa shape index (κ3) is 1.30. The molecular weight excluding hydrogens is 276 g/mol. The summed E-state index contributed by atoms with van der Waals surface area (Å²) in [6, 6.07) is 0. The minimum absolute atomic E-state index is 0.0597. The molecule has 18 heavy (non-hydrogen) atoms. The smallest absolute Gasteiger partial charge is 0.303 e. The summed E-state index contributed by atoms with van der Waals surface area (Å²) in [6.45, 7) is 1.79. The number of carbonyl (C=O) groups is 3. The molecule has 4 aliphatic heterocycles. The van der Waals surface area contributed by atoms with Crippen molar-refractivity contribution in [3.05, 3.63) is 0 Å². The van der Waals surface area contributed by atoms with E-state index in [1.165, 1.54) is 33.4 Å². The average Bonchev–Trinajstić information content (AvgIpc) is 2.66. The molecule has 0 aromatic heterocycles. The fourth-order valence-electron chi connectivity index (χ4n) is 2.67. The molecule has 4 rings (SSSR count). The van der Waals surface area contributed by atoms with Gasteiger partial charge in [-0.25, -0.2) is 0 Å². The normalized spacial score (nSPS) is 38.1. The Labute approximate surface area is 112 Å². The lowest BCUT2D eigenvalue weighted by molar-refractivity contribution is -0.165. The Morgan fingerprint density at radius 1 is 1.50 bits per heavy atom. The molecule has 0 aromatic carbocycles. The van der Waals surface area contributed by atoms with Gasteiger partial charge >= 0.3 is 5.97 Å². The molecule has 0 unspecified atom stereocenters. The van der Waals surface area contributed by atoms with E-state index in [-0.39, 0.29) is 11.8 Å². The van der Waals surface area contributed by atoms with Gasteiger partial charge in [-0.15, -0.1) is 0 Å². The molecule has 4 aliphatic rings. The lowest BCUT2D eigenvalue weighted by atomic mass is 10.1. The highest BCUT2D eigenvalue weighted by molar-refractivity contribution is 8.78. The molecule has 0 saturated carbocycles. The van der Waals surface area contributed by atoms with Crippen LogP contribution in [0.15, 0.2) is 0 Å². The number of rotatable bonds is 1. The van der Waals surface area contributed by atoms with E-state index in [9.17, 15) is 14.4 Å². The Bertz CT molecular complexity index is 457. The first-order valence-corrected chi connectivity index (χ1v) is 7.80. The van der Waals surface area contributed by atoms with Crippen LogP contribution in [0.1, 0.15) is 13.3 Å². The average molecular weight is 288 g/mol. The summed E-state index contributed by atoms with van der Waals surface area (Å²) in [5, 5.41) is -0.444. The van der Waals surface area contributed by atoms with Crippen LogP contribution in [0.3, 0.4) is 0 Å². The van der Waals surface area contributed by atoms with Gasteiger partial charge < -0.3 is 14.5 Å². The molecule has 0 aromatic rings. The molecule has 0 N–H and O–H groups in total. The maximum absolute atomic E-state index is 12.4. The second-order valence-corrected chi connectivity index (χ2v) is 7.03. The predicted molar refractivity (Wildman–Crippen MR) is 66.4 cm³/mol. The Hall–Kier alpha value is -0.890. The van der Waals surface area contributed by atoms with Gasteiger partial charge in [-0.3, -0.25) is 14.4 Å². The maximum atomic E-state index is 12.4. The summed E-state index contributed by atoms with van der Waals surface area (Å²) in [5.74, 6) is -0.618. The first-order chi connectivity index (χ1) is 8.48. The molecule has 0 radical (unpaired) electrons. The van der Waals surface area contributed by atoms with Crippen LogP contribution in [0.25, 0.3) is 0 Å². The van der Waals surface area contributed by atoms with Crippen molar-refractivity contribution in [3.63, 3.8) is 0 Å². The highest BCUT2D eigenvalue weighted by Gasteiger charge is 2.68. The molecule has 2 bridgehead atoms. The van der Waals surface area contributed by atoms with Gasteiger partial charge in [-0.2, -0.15) is 0 Å². The molecule has 2 amide bonds. The van der Waals surface area contributed by atoms with Crippen molar-refractivity contribution in [2.75, 3.05) is 13.6 Å². The summed E-state index contributed by atoms with van der Waals surface area (Å²) in [4.78, 5) is 37.8. The second kappa shape index (κ2) is 3.80. The van der Waals surface area contributed by atoms with Crippen molar-refractivity contribution in [1.29, 1.82) is 0 Å². The van der Waals surface area contributed by atoms with Gasteiger partial charge in [0.1, 0.15) is 6.10 Å². The Balaban J connectivity index is 2.03. The third-order valence-electron chi connectivity index (χ3n) is 3.48. The molecule has 4 fully saturated rings. The summed E-state index contributed by atoms with van der Waals surface area (Å²) in [5.41, 5.74) is 0. The van der Waals surface area contributed by atoms with Crippen LogP contribution in [-0.2, 0) is 19.1 Å². The van der Waals surface area contributed by atoms with E-state index in [2.05, 4.69) is 0 Å². The summed E-state index contributed by atoms with van der Waals surface area (Å²) in [7, 11) is 4.35. The molecule has 4 saturated heterocycles. The lowest BCUT2D eigenvalue weighted by Crippen LogP contribution is -2.71. The first kappa shape index (κ1) is 12.2. The van der Waals surface area contributed by atoms with E-state index >= 15 is 0 Å². The largest absolute Gasteiger partial charge is 0.458 e. The van der Waals surface area contributed by atoms with Crippen LogP contribution >= 0.6 is 21.6 Å². The van der Waals surface area contributed by atoms with Crippen molar-refractivity contribution in [2.45, 2.75) is 29.7 Å². The van der Waals surface area contributed by atoms with Crippen molar-refractivity contribution in [1.82, 2.24) is 9.80 Å². The minimum atomic E-state index is -1.04. The monoisotopic (exact) mass is 288 g/mol. The Kier molecular flexibility index (Phi) is 2.57. The molecule has 3 atom stereocenters. The van der Waals surface area contributed by atoms with Gasteiger partial charge in [0.05, 0.1) is 0 Å².